The Morgan fingerprint density at radius 3 is 2.85 bits per heavy atom. The first-order valence-corrected chi connectivity index (χ1v) is 7.82. The van der Waals surface area contributed by atoms with Gasteiger partial charge in [0.2, 0.25) is 0 Å². The van der Waals surface area contributed by atoms with Crippen LogP contribution in [-0.2, 0) is 12.8 Å². The van der Waals surface area contributed by atoms with Gasteiger partial charge in [-0.3, -0.25) is 0 Å². The Labute approximate surface area is 126 Å². The monoisotopic (exact) mass is 290 g/mol. The summed E-state index contributed by atoms with van der Waals surface area (Å²) >= 11 is 5.25. The number of anilines is 1. The van der Waals surface area contributed by atoms with Crippen molar-refractivity contribution in [2.45, 2.75) is 25.7 Å². The van der Waals surface area contributed by atoms with Gasteiger partial charge in [0.05, 0.1) is 5.56 Å². The second-order valence-corrected chi connectivity index (χ2v) is 6.27. The number of likely N-dealkylation sites (N-methyl/N-ethyl adjacent to an activating group) is 1. The number of pyridine rings is 1. The topological polar surface area (TPSA) is 45.4 Å². The second-order valence-electron chi connectivity index (χ2n) is 5.83. The molecule has 0 bridgehead atoms. The highest BCUT2D eigenvalue weighted by Gasteiger charge is 2.22. The first-order valence-electron chi connectivity index (χ1n) is 7.41. The average molecular weight is 290 g/mol. The van der Waals surface area contributed by atoms with E-state index in [1.807, 2.05) is 0 Å². The number of aryl methyl sites for hydroxylation is 2. The van der Waals surface area contributed by atoms with Gasteiger partial charge in [-0.25, -0.2) is 4.98 Å². The molecule has 1 aromatic rings. The van der Waals surface area contributed by atoms with Gasteiger partial charge in [-0.1, -0.05) is 12.2 Å². The van der Waals surface area contributed by atoms with Gasteiger partial charge in [0.1, 0.15) is 10.8 Å². The van der Waals surface area contributed by atoms with E-state index >= 15 is 0 Å². The van der Waals surface area contributed by atoms with E-state index in [2.05, 4.69) is 22.9 Å². The van der Waals surface area contributed by atoms with E-state index < -0.39 is 0 Å². The van der Waals surface area contributed by atoms with E-state index in [-0.39, 0.29) is 0 Å². The maximum absolute atomic E-state index is 5.94. The first-order chi connectivity index (χ1) is 9.65. The zero-order valence-electron chi connectivity index (χ0n) is 12.1. The molecule has 2 heterocycles. The molecule has 0 atom stereocenters. The number of hydrogen-bond donors (Lipinski definition) is 1. The number of rotatable bonds is 2. The second kappa shape index (κ2) is 5.66. The van der Waals surface area contributed by atoms with Gasteiger partial charge in [-0.15, -0.1) is 0 Å². The van der Waals surface area contributed by atoms with Crippen LogP contribution in [0.5, 0.6) is 0 Å². The van der Waals surface area contributed by atoms with Crippen molar-refractivity contribution in [2.24, 2.45) is 5.73 Å². The van der Waals surface area contributed by atoms with Gasteiger partial charge >= 0.3 is 0 Å². The van der Waals surface area contributed by atoms with Crippen molar-refractivity contribution < 1.29 is 0 Å². The molecule has 0 spiro atoms. The molecule has 1 fully saturated rings. The predicted molar refractivity (Wildman–Crippen MR) is 86.5 cm³/mol. The van der Waals surface area contributed by atoms with Crippen LogP contribution in [0.4, 0.5) is 5.82 Å². The minimum atomic E-state index is 0.472. The van der Waals surface area contributed by atoms with Crippen LogP contribution in [0.3, 0.4) is 0 Å². The van der Waals surface area contributed by atoms with Crippen LogP contribution in [0, 0.1) is 0 Å². The molecule has 2 aliphatic rings. The fourth-order valence-electron chi connectivity index (χ4n) is 3.14. The van der Waals surface area contributed by atoms with Crippen molar-refractivity contribution in [1.29, 1.82) is 0 Å². The normalized spacial score (nSPS) is 19.8. The molecule has 0 radical (unpaired) electrons. The molecule has 1 aliphatic heterocycles. The fraction of sp³-hybridized carbons (Fsp3) is 0.600. The van der Waals surface area contributed by atoms with Crippen molar-refractivity contribution in [1.82, 2.24) is 9.88 Å². The van der Waals surface area contributed by atoms with Crippen LogP contribution < -0.4 is 10.6 Å². The van der Waals surface area contributed by atoms with Gasteiger partial charge in [0.15, 0.2) is 0 Å². The highest BCUT2D eigenvalue weighted by atomic mass is 32.1. The van der Waals surface area contributed by atoms with Gasteiger partial charge < -0.3 is 15.5 Å². The lowest BCUT2D eigenvalue weighted by atomic mass is 10.1. The third kappa shape index (κ3) is 2.65. The molecule has 1 aliphatic carbocycles. The number of nitrogens with two attached hydrogens (primary N) is 1. The zero-order valence-corrected chi connectivity index (χ0v) is 12.9. The number of aromatic nitrogens is 1. The molecule has 20 heavy (non-hydrogen) atoms. The van der Waals surface area contributed by atoms with E-state index in [0.29, 0.717) is 4.99 Å². The highest BCUT2D eigenvalue weighted by Crippen LogP contribution is 2.28. The summed E-state index contributed by atoms with van der Waals surface area (Å²) in [6.07, 6.45) is 4.56. The number of thiocarbonyl (C=S) groups is 1. The minimum absolute atomic E-state index is 0.472. The molecule has 1 saturated heterocycles. The fourth-order valence-corrected chi connectivity index (χ4v) is 3.29. The van der Waals surface area contributed by atoms with Crippen LogP contribution in [0.15, 0.2) is 6.07 Å². The Balaban J connectivity index is 1.96. The highest BCUT2D eigenvalue weighted by molar-refractivity contribution is 7.80. The molecule has 0 saturated carbocycles. The predicted octanol–water partition coefficient (Wildman–Crippen LogP) is 1.35. The van der Waals surface area contributed by atoms with Crippen molar-refractivity contribution in [3.63, 3.8) is 0 Å². The zero-order chi connectivity index (χ0) is 14.1. The van der Waals surface area contributed by atoms with E-state index in [1.54, 1.807) is 0 Å². The molecule has 3 rings (SSSR count). The maximum atomic E-state index is 5.94. The lowest BCUT2D eigenvalue weighted by molar-refractivity contribution is 0.360. The Morgan fingerprint density at radius 2 is 2.05 bits per heavy atom. The summed E-state index contributed by atoms with van der Waals surface area (Å²) in [6, 6.07) is 2.18. The summed E-state index contributed by atoms with van der Waals surface area (Å²) in [6.45, 7) is 4.24. The van der Waals surface area contributed by atoms with Gasteiger partial charge in [-0.2, -0.15) is 0 Å². The largest absolute Gasteiger partial charge is 0.389 e. The summed E-state index contributed by atoms with van der Waals surface area (Å²) in [5.74, 6) is 1.01. The molecule has 4 nitrogen and oxygen atoms in total. The van der Waals surface area contributed by atoms with Gasteiger partial charge in [-0.05, 0) is 50.9 Å². The first kappa shape index (κ1) is 13.8. The molecular formula is C15H22N4S. The SMILES string of the molecule is CN1CCCN(c2nc3c(cc2C(N)=S)CCC3)CC1. The van der Waals surface area contributed by atoms with Crippen LogP contribution in [0.2, 0.25) is 0 Å². The number of fused-ring (bicyclic) bond motifs is 1. The van der Waals surface area contributed by atoms with Crippen molar-refractivity contribution >= 4 is 23.0 Å². The smallest absolute Gasteiger partial charge is 0.139 e. The Bertz CT molecular complexity index is 529. The quantitative estimate of drug-likeness (QED) is 0.833. The Kier molecular flexibility index (Phi) is 3.89. The standard InChI is InChI=1S/C15H22N4S/c1-18-6-3-7-19(9-8-18)15-12(14(16)20)10-11-4-2-5-13(11)17-15/h10H,2-9H2,1H3,(H2,16,20). The molecule has 5 heteroatoms. The molecule has 0 aromatic carbocycles. The summed E-state index contributed by atoms with van der Waals surface area (Å²) in [5.41, 5.74) is 9.48. The van der Waals surface area contributed by atoms with Gasteiger partial charge in [0, 0.05) is 25.3 Å². The van der Waals surface area contributed by atoms with E-state index in [9.17, 15) is 0 Å². The molecule has 108 valence electrons. The summed E-state index contributed by atoms with van der Waals surface area (Å²) in [5, 5.41) is 0. The van der Waals surface area contributed by atoms with Crippen molar-refractivity contribution in [3.05, 3.63) is 22.9 Å². The van der Waals surface area contributed by atoms with Crippen LogP contribution in [-0.4, -0.2) is 48.1 Å². The third-order valence-corrected chi connectivity index (χ3v) is 4.54. The average Bonchev–Trinajstić information content (AvgIpc) is 2.77. The summed E-state index contributed by atoms with van der Waals surface area (Å²) < 4.78 is 0. The summed E-state index contributed by atoms with van der Waals surface area (Å²) in [7, 11) is 2.17. The van der Waals surface area contributed by atoms with Gasteiger partial charge in [0.25, 0.3) is 0 Å². The molecule has 1 aromatic heterocycles. The van der Waals surface area contributed by atoms with Crippen LogP contribution >= 0.6 is 12.2 Å². The van der Waals surface area contributed by atoms with Crippen LogP contribution in [0.25, 0.3) is 0 Å². The maximum Gasteiger partial charge on any atom is 0.139 e. The lowest BCUT2D eigenvalue weighted by Gasteiger charge is -2.25. The van der Waals surface area contributed by atoms with E-state index in [4.69, 9.17) is 22.9 Å². The third-order valence-electron chi connectivity index (χ3n) is 4.32. The van der Waals surface area contributed by atoms with E-state index in [1.165, 1.54) is 17.7 Å². The van der Waals surface area contributed by atoms with Crippen LogP contribution in [0.1, 0.15) is 29.7 Å². The molecule has 0 unspecified atom stereocenters. The molecular weight excluding hydrogens is 268 g/mol. The lowest BCUT2D eigenvalue weighted by Crippen LogP contribution is -2.31. The minimum Gasteiger partial charge on any atom is -0.389 e. The Morgan fingerprint density at radius 1 is 1.20 bits per heavy atom. The Hall–Kier alpha value is -1.20. The number of nitrogens with zero attached hydrogens (tertiary/aromatic N) is 3. The summed E-state index contributed by atoms with van der Waals surface area (Å²) in [4.78, 5) is 10.1. The van der Waals surface area contributed by atoms with Crippen molar-refractivity contribution in [2.75, 3.05) is 38.1 Å². The van der Waals surface area contributed by atoms with Crippen molar-refractivity contribution in [3.8, 4) is 0 Å². The molecule has 2 N–H and O–H groups in total. The molecule has 0 amide bonds. The number of hydrogen-bond acceptors (Lipinski definition) is 4. The van der Waals surface area contributed by atoms with E-state index in [0.717, 1.165) is 56.8 Å².